The number of hydrogen-bond donors (Lipinski definition) is 1. The predicted octanol–water partition coefficient (Wildman–Crippen LogP) is 1.78. The van der Waals surface area contributed by atoms with Crippen LogP contribution in [0.1, 0.15) is 22.9 Å². The molecule has 0 bridgehead atoms. The predicted molar refractivity (Wildman–Crippen MR) is 76.8 cm³/mol. The summed E-state index contributed by atoms with van der Waals surface area (Å²) >= 11 is 0. The van der Waals surface area contributed by atoms with E-state index in [1.54, 1.807) is 0 Å². The zero-order valence-electron chi connectivity index (χ0n) is 11.6. The minimum absolute atomic E-state index is 0.0424. The molecule has 2 aromatic rings. The summed E-state index contributed by atoms with van der Waals surface area (Å²) in [5, 5.41) is 7.46. The number of anilines is 2. The van der Waals surface area contributed by atoms with Crippen molar-refractivity contribution in [3.05, 3.63) is 41.1 Å². The van der Waals surface area contributed by atoms with Crippen molar-refractivity contribution in [1.82, 2.24) is 9.78 Å². The molecule has 0 radical (unpaired) electrons. The van der Waals surface area contributed by atoms with Gasteiger partial charge in [0, 0.05) is 13.6 Å². The van der Waals surface area contributed by atoms with Crippen LogP contribution >= 0.6 is 0 Å². The van der Waals surface area contributed by atoms with Crippen LogP contribution in [-0.2, 0) is 18.3 Å². The molecule has 0 fully saturated rings. The van der Waals surface area contributed by atoms with Gasteiger partial charge in [0.05, 0.1) is 5.69 Å². The van der Waals surface area contributed by atoms with Gasteiger partial charge in [-0.3, -0.25) is 9.48 Å². The van der Waals surface area contributed by atoms with Crippen LogP contribution < -0.4 is 10.2 Å². The lowest BCUT2D eigenvalue weighted by atomic mass is 9.90. The molecule has 1 unspecified atom stereocenters. The number of nitrogens with one attached hydrogen (secondary N) is 1. The molecular weight excluding hydrogens is 252 g/mol. The summed E-state index contributed by atoms with van der Waals surface area (Å²) in [4.78, 5) is 14.7. The number of aromatic nitrogens is 2. The van der Waals surface area contributed by atoms with Gasteiger partial charge in [-0.05, 0) is 24.5 Å². The van der Waals surface area contributed by atoms with E-state index in [-0.39, 0.29) is 11.9 Å². The highest BCUT2D eigenvalue weighted by Gasteiger charge is 2.40. The number of carbonyl (C=O) groups is 1. The Morgan fingerprint density at radius 2 is 2.15 bits per heavy atom. The smallest absolute Gasteiger partial charge is 0.251 e. The number of hydrogen-bond acceptors (Lipinski definition) is 3. The van der Waals surface area contributed by atoms with Crippen LogP contribution in [0.4, 0.5) is 11.5 Å². The van der Waals surface area contributed by atoms with Gasteiger partial charge in [-0.2, -0.15) is 5.10 Å². The number of benzene rings is 1. The number of aryl methyl sites for hydroxylation is 2. The molecule has 5 heteroatoms. The first kappa shape index (κ1) is 11.5. The lowest BCUT2D eigenvalue weighted by Crippen LogP contribution is -2.46. The van der Waals surface area contributed by atoms with Crippen LogP contribution in [0.3, 0.4) is 0 Å². The van der Waals surface area contributed by atoms with Gasteiger partial charge in [0.2, 0.25) is 0 Å². The van der Waals surface area contributed by atoms with Gasteiger partial charge in [0.25, 0.3) is 5.91 Å². The van der Waals surface area contributed by atoms with Crippen molar-refractivity contribution < 1.29 is 4.79 Å². The molecule has 0 spiro atoms. The maximum atomic E-state index is 12.5. The number of carbonyl (C=O) groups excluding carboxylic acids is 1. The molecule has 0 saturated carbocycles. The van der Waals surface area contributed by atoms with E-state index < -0.39 is 0 Å². The Hall–Kier alpha value is -2.30. The second-order valence-electron chi connectivity index (χ2n) is 5.44. The zero-order chi connectivity index (χ0) is 13.9. The standard InChI is InChI=1S/C15H16N4O/c1-9-12-15(18(2)17-9)19-8-7-10-5-3-4-6-11(10)13(19)14(20)16-12/h3-6,13H,7-8H2,1-2H3,(H,16,20). The third-order valence-electron chi connectivity index (χ3n) is 4.24. The summed E-state index contributed by atoms with van der Waals surface area (Å²) in [6.07, 6.45) is 0.962. The Morgan fingerprint density at radius 3 is 3.00 bits per heavy atom. The van der Waals surface area contributed by atoms with Crippen LogP contribution in [0, 0.1) is 6.92 Å². The van der Waals surface area contributed by atoms with Gasteiger partial charge in [-0.15, -0.1) is 0 Å². The summed E-state index contributed by atoms with van der Waals surface area (Å²) in [5.41, 5.74) is 4.10. The van der Waals surface area contributed by atoms with Gasteiger partial charge < -0.3 is 10.2 Å². The Bertz CT molecular complexity index is 719. The Morgan fingerprint density at radius 1 is 1.35 bits per heavy atom. The molecule has 1 atom stereocenters. The number of nitrogens with zero attached hydrogens (tertiary/aromatic N) is 3. The maximum absolute atomic E-state index is 12.5. The number of fused-ring (bicyclic) bond motifs is 5. The van der Waals surface area contributed by atoms with E-state index in [1.165, 1.54) is 5.56 Å². The average Bonchev–Trinajstić information content (AvgIpc) is 2.73. The summed E-state index contributed by atoms with van der Waals surface area (Å²) in [6, 6.07) is 7.97. The van der Waals surface area contributed by atoms with Crippen molar-refractivity contribution >= 4 is 17.4 Å². The minimum Gasteiger partial charge on any atom is -0.339 e. The molecule has 102 valence electrons. The molecular formula is C15H16N4O. The highest BCUT2D eigenvalue weighted by Crippen LogP contribution is 2.42. The van der Waals surface area contributed by atoms with E-state index in [1.807, 2.05) is 30.8 Å². The van der Waals surface area contributed by atoms with E-state index in [2.05, 4.69) is 27.4 Å². The average molecular weight is 268 g/mol. The minimum atomic E-state index is -0.234. The van der Waals surface area contributed by atoms with Gasteiger partial charge in [0.15, 0.2) is 5.82 Å². The topological polar surface area (TPSA) is 50.2 Å². The molecule has 1 N–H and O–H groups in total. The summed E-state index contributed by atoms with van der Waals surface area (Å²) in [7, 11) is 1.93. The van der Waals surface area contributed by atoms with Crippen LogP contribution in [-0.4, -0.2) is 22.2 Å². The van der Waals surface area contributed by atoms with Crippen molar-refractivity contribution in [2.24, 2.45) is 7.05 Å². The first-order chi connectivity index (χ1) is 9.66. The van der Waals surface area contributed by atoms with E-state index in [0.29, 0.717) is 0 Å². The highest BCUT2D eigenvalue weighted by atomic mass is 16.2. The fourth-order valence-electron chi connectivity index (χ4n) is 3.39. The van der Waals surface area contributed by atoms with E-state index in [4.69, 9.17) is 0 Å². The Balaban J connectivity index is 1.92. The van der Waals surface area contributed by atoms with Crippen LogP contribution in [0.15, 0.2) is 24.3 Å². The van der Waals surface area contributed by atoms with Crippen LogP contribution in [0.2, 0.25) is 0 Å². The molecule has 2 aliphatic rings. The van der Waals surface area contributed by atoms with Crippen molar-refractivity contribution in [3.8, 4) is 0 Å². The van der Waals surface area contributed by atoms with Gasteiger partial charge in [-0.1, -0.05) is 24.3 Å². The first-order valence-corrected chi connectivity index (χ1v) is 6.85. The molecule has 2 aliphatic heterocycles. The maximum Gasteiger partial charge on any atom is 0.251 e. The normalized spacial score (nSPS) is 20.0. The lowest BCUT2D eigenvalue weighted by molar-refractivity contribution is -0.118. The van der Waals surface area contributed by atoms with Gasteiger partial charge in [-0.25, -0.2) is 0 Å². The Labute approximate surface area is 117 Å². The second-order valence-corrected chi connectivity index (χ2v) is 5.44. The van der Waals surface area contributed by atoms with Gasteiger partial charge in [0.1, 0.15) is 11.7 Å². The second kappa shape index (κ2) is 3.85. The third kappa shape index (κ3) is 1.37. The highest BCUT2D eigenvalue weighted by molar-refractivity contribution is 6.04. The molecule has 4 rings (SSSR count). The molecule has 3 heterocycles. The molecule has 20 heavy (non-hydrogen) atoms. The quantitative estimate of drug-likeness (QED) is 0.792. The molecule has 1 aromatic heterocycles. The van der Waals surface area contributed by atoms with E-state index >= 15 is 0 Å². The molecule has 1 aromatic carbocycles. The van der Waals surface area contributed by atoms with E-state index in [0.717, 1.165) is 35.7 Å². The first-order valence-electron chi connectivity index (χ1n) is 6.85. The van der Waals surface area contributed by atoms with Crippen LogP contribution in [0.5, 0.6) is 0 Å². The van der Waals surface area contributed by atoms with Crippen molar-refractivity contribution in [3.63, 3.8) is 0 Å². The molecule has 0 aliphatic carbocycles. The van der Waals surface area contributed by atoms with Crippen LogP contribution in [0.25, 0.3) is 0 Å². The third-order valence-corrected chi connectivity index (χ3v) is 4.24. The SMILES string of the molecule is Cc1nn(C)c2c1NC(=O)C1c3ccccc3CCN21. The monoisotopic (exact) mass is 268 g/mol. The molecule has 1 amide bonds. The van der Waals surface area contributed by atoms with Gasteiger partial charge >= 0.3 is 0 Å². The van der Waals surface area contributed by atoms with Crippen molar-refractivity contribution in [2.45, 2.75) is 19.4 Å². The Kier molecular flexibility index (Phi) is 2.22. The lowest BCUT2D eigenvalue weighted by Gasteiger charge is -2.40. The van der Waals surface area contributed by atoms with Crippen molar-refractivity contribution in [1.29, 1.82) is 0 Å². The van der Waals surface area contributed by atoms with E-state index in [9.17, 15) is 4.79 Å². The molecule has 5 nitrogen and oxygen atoms in total. The summed E-state index contributed by atoms with van der Waals surface area (Å²) in [5.74, 6) is 1.06. The zero-order valence-corrected chi connectivity index (χ0v) is 11.6. The fourth-order valence-corrected chi connectivity index (χ4v) is 3.39. The number of rotatable bonds is 0. The number of amides is 1. The summed E-state index contributed by atoms with van der Waals surface area (Å²) < 4.78 is 1.87. The summed E-state index contributed by atoms with van der Waals surface area (Å²) in [6.45, 7) is 2.78. The molecule has 0 saturated heterocycles. The fraction of sp³-hybridized carbons (Fsp3) is 0.333. The largest absolute Gasteiger partial charge is 0.339 e. The van der Waals surface area contributed by atoms with Crippen molar-refractivity contribution in [2.75, 3.05) is 16.8 Å².